The van der Waals surface area contributed by atoms with Gasteiger partial charge in [-0.3, -0.25) is 5.43 Å². The minimum atomic E-state index is 0.145. The zero-order valence-electron chi connectivity index (χ0n) is 8.96. The van der Waals surface area contributed by atoms with Gasteiger partial charge in [-0.1, -0.05) is 20.8 Å². The van der Waals surface area contributed by atoms with Gasteiger partial charge in [-0.05, 0) is 13.0 Å². The molecular formula is C9H16N4S. The molecular weight excluding hydrogens is 196 g/mol. The highest BCUT2D eigenvalue weighted by molar-refractivity contribution is 8.00. The summed E-state index contributed by atoms with van der Waals surface area (Å²) < 4.78 is 0.145. The van der Waals surface area contributed by atoms with Crippen LogP contribution >= 0.6 is 11.8 Å². The highest BCUT2D eigenvalue weighted by Gasteiger charge is 2.14. The fourth-order valence-electron chi connectivity index (χ4n) is 0.970. The van der Waals surface area contributed by atoms with E-state index in [-0.39, 0.29) is 4.75 Å². The number of rotatable bonds is 2. The van der Waals surface area contributed by atoms with Crippen molar-refractivity contribution in [2.75, 3.05) is 5.43 Å². The van der Waals surface area contributed by atoms with Gasteiger partial charge in [-0.2, -0.15) is 0 Å². The van der Waals surface area contributed by atoms with Crippen LogP contribution in [0.3, 0.4) is 0 Å². The molecule has 0 bridgehead atoms. The fraction of sp³-hybridized carbons (Fsp3) is 0.556. The van der Waals surface area contributed by atoms with Crippen molar-refractivity contribution in [3.8, 4) is 0 Å². The molecule has 0 radical (unpaired) electrons. The van der Waals surface area contributed by atoms with E-state index in [0.29, 0.717) is 5.95 Å². The van der Waals surface area contributed by atoms with Gasteiger partial charge in [-0.15, -0.1) is 11.8 Å². The Morgan fingerprint density at radius 2 is 2.00 bits per heavy atom. The number of aryl methyl sites for hydroxylation is 1. The number of nitrogens with two attached hydrogens (primary N) is 1. The molecule has 0 fully saturated rings. The van der Waals surface area contributed by atoms with Crippen LogP contribution in [-0.2, 0) is 0 Å². The SMILES string of the molecule is Cc1cc(SC(C)(C)C)nc(NN)n1. The second kappa shape index (κ2) is 4.14. The van der Waals surface area contributed by atoms with Crippen LogP contribution in [0.5, 0.6) is 0 Å². The predicted molar refractivity (Wildman–Crippen MR) is 60.2 cm³/mol. The van der Waals surface area contributed by atoms with Crippen LogP contribution in [0.15, 0.2) is 11.1 Å². The summed E-state index contributed by atoms with van der Waals surface area (Å²) in [6.45, 7) is 8.36. The van der Waals surface area contributed by atoms with Crippen molar-refractivity contribution in [3.63, 3.8) is 0 Å². The van der Waals surface area contributed by atoms with E-state index in [0.717, 1.165) is 10.7 Å². The lowest BCUT2D eigenvalue weighted by atomic mass is 10.3. The van der Waals surface area contributed by atoms with Gasteiger partial charge in [0.05, 0.1) is 0 Å². The molecule has 5 heteroatoms. The summed E-state index contributed by atoms with van der Waals surface area (Å²) in [4.78, 5) is 8.37. The van der Waals surface area contributed by atoms with Crippen LogP contribution in [0.25, 0.3) is 0 Å². The van der Waals surface area contributed by atoms with E-state index in [4.69, 9.17) is 5.84 Å². The van der Waals surface area contributed by atoms with Crippen molar-refractivity contribution in [1.82, 2.24) is 9.97 Å². The Balaban J connectivity index is 2.92. The number of hydrazine groups is 1. The number of nitrogens with zero attached hydrogens (tertiary/aromatic N) is 2. The number of thioether (sulfide) groups is 1. The summed E-state index contributed by atoms with van der Waals surface area (Å²) in [6.07, 6.45) is 0. The third-order valence-electron chi connectivity index (χ3n) is 1.37. The molecule has 78 valence electrons. The first-order valence-electron chi connectivity index (χ1n) is 4.42. The van der Waals surface area contributed by atoms with Gasteiger partial charge in [-0.25, -0.2) is 15.8 Å². The standard InChI is InChI=1S/C9H16N4S/c1-6-5-7(14-9(2,3)4)12-8(11-6)13-10/h5H,10H2,1-4H3,(H,11,12,13). The van der Waals surface area contributed by atoms with E-state index in [1.165, 1.54) is 0 Å². The Morgan fingerprint density at radius 3 is 2.50 bits per heavy atom. The number of anilines is 1. The summed E-state index contributed by atoms with van der Waals surface area (Å²) in [5, 5.41) is 0.943. The quantitative estimate of drug-likeness (QED) is 0.339. The Hall–Kier alpha value is -0.810. The van der Waals surface area contributed by atoms with Crippen molar-refractivity contribution < 1.29 is 0 Å². The molecule has 4 nitrogen and oxygen atoms in total. The maximum Gasteiger partial charge on any atom is 0.238 e. The first kappa shape index (κ1) is 11.3. The average Bonchev–Trinajstić information content (AvgIpc) is 1.99. The normalized spacial score (nSPS) is 11.5. The summed E-state index contributed by atoms with van der Waals surface area (Å²) in [5.41, 5.74) is 3.37. The molecule has 0 aliphatic rings. The van der Waals surface area contributed by atoms with Crippen LogP contribution in [-0.4, -0.2) is 14.7 Å². The molecule has 1 heterocycles. The highest BCUT2D eigenvalue weighted by Crippen LogP contribution is 2.30. The molecule has 0 unspecified atom stereocenters. The monoisotopic (exact) mass is 212 g/mol. The van der Waals surface area contributed by atoms with E-state index in [9.17, 15) is 0 Å². The topological polar surface area (TPSA) is 63.8 Å². The lowest BCUT2D eigenvalue weighted by Gasteiger charge is -2.17. The van der Waals surface area contributed by atoms with Crippen LogP contribution in [0, 0.1) is 6.92 Å². The summed E-state index contributed by atoms with van der Waals surface area (Å²) in [7, 11) is 0. The Labute approximate surface area is 88.7 Å². The number of hydrogen-bond acceptors (Lipinski definition) is 5. The van der Waals surface area contributed by atoms with Gasteiger partial charge in [0.15, 0.2) is 0 Å². The van der Waals surface area contributed by atoms with Crippen LogP contribution < -0.4 is 11.3 Å². The summed E-state index contributed by atoms with van der Waals surface area (Å²) in [6, 6.07) is 1.96. The third kappa shape index (κ3) is 3.51. The minimum Gasteiger partial charge on any atom is -0.292 e. The van der Waals surface area contributed by atoms with Gasteiger partial charge in [0, 0.05) is 10.4 Å². The minimum absolute atomic E-state index is 0.145. The van der Waals surface area contributed by atoms with Crippen molar-refractivity contribution in [2.45, 2.75) is 37.5 Å². The Kier molecular flexibility index (Phi) is 3.34. The molecule has 0 amide bonds. The van der Waals surface area contributed by atoms with E-state index >= 15 is 0 Å². The van der Waals surface area contributed by atoms with Crippen molar-refractivity contribution >= 4 is 17.7 Å². The number of aromatic nitrogens is 2. The molecule has 1 aromatic rings. The molecule has 0 atom stereocenters. The van der Waals surface area contributed by atoms with Crippen molar-refractivity contribution in [1.29, 1.82) is 0 Å². The highest BCUT2D eigenvalue weighted by atomic mass is 32.2. The first-order chi connectivity index (χ1) is 6.40. The van der Waals surface area contributed by atoms with Gasteiger partial charge in [0.25, 0.3) is 0 Å². The van der Waals surface area contributed by atoms with Gasteiger partial charge in [0.2, 0.25) is 5.95 Å². The van der Waals surface area contributed by atoms with E-state index in [1.54, 1.807) is 11.8 Å². The van der Waals surface area contributed by atoms with E-state index < -0.39 is 0 Å². The molecule has 0 aliphatic heterocycles. The average molecular weight is 212 g/mol. The molecule has 1 aromatic heterocycles. The first-order valence-corrected chi connectivity index (χ1v) is 5.24. The molecule has 0 saturated carbocycles. The molecule has 0 aromatic carbocycles. The second-order valence-electron chi connectivity index (χ2n) is 4.03. The third-order valence-corrected chi connectivity index (χ3v) is 2.40. The molecule has 0 spiro atoms. The van der Waals surface area contributed by atoms with Crippen LogP contribution in [0.1, 0.15) is 26.5 Å². The van der Waals surface area contributed by atoms with Gasteiger partial charge >= 0.3 is 0 Å². The number of hydrogen-bond donors (Lipinski definition) is 2. The largest absolute Gasteiger partial charge is 0.292 e. The maximum absolute atomic E-state index is 5.27. The molecule has 0 aliphatic carbocycles. The van der Waals surface area contributed by atoms with E-state index in [2.05, 4.69) is 36.2 Å². The lowest BCUT2D eigenvalue weighted by Crippen LogP contribution is -2.13. The smallest absolute Gasteiger partial charge is 0.238 e. The van der Waals surface area contributed by atoms with Gasteiger partial charge < -0.3 is 0 Å². The maximum atomic E-state index is 5.27. The second-order valence-corrected chi connectivity index (χ2v) is 5.88. The molecule has 0 saturated heterocycles. The Morgan fingerprint density at radius 1 is 1.36 bits per heavy atom. The van der Waals surface area contributed by atoms with Crippen LogP contribution in [0.2, 0.25) is 0 Å². The number of nitrogens with one attached hydrogen (secondary N) is 1. The predicted octanol–water partition coefficient (Wildman–Crippen LogP) is 1.96. The summed E-state index contributed by atoms with van der Waals surface area (Å²) >= 11 is 1.70. The Bertz CT molecular complexity index is 319. The van der Waals surface area contributed by atoms with Gasteiger partial charge in [0.1, 0.15) is 5.03 Å². The molecule has 14 heavy (non-hydrogen) atoms. The van der Waals surface area contributed by atoms with E-state index in [1.807, 2.05) is 13.0 Å². The molecule has 3 N–H and O–H groups in total. The zero-order valence-corrected chi connectivity index (χ0v) is 9.77. The zero-order chi connectivity index (χ0) is 10.8. The van der Waals surface area contributed by atoms with Crippen molar-refractivity contribution in [2.24, 2.45) is 5.84 Å². The summed E-state index contributed by atoms with van der Waals surface area (Å²) in [5.74, 6) is 5.74. The molecule has 1 rings (SSSR count). The fourth-order valence-corrected chi connectivity index (χ4v) is 1.96. The lowest BCUT2D eigenvalue weighted by molar-refractivity contribution is 0.798. The number of nitrogen functional groups attached to an aromatic ring is 1. The van der Waals surface area contributed by atoms with Crippen LogP contribution in [0.4, 0.5) is 5.95 Å². The van der Waals surface area contributed by atoms with Crippen molar-refractivity contribution in [3.05, 3.63) is 11.8 Å².